The van der Waals surface area contributed by atoms with Gasteiger partial charge in [0.25, 0.3) is 0 Å². The molecule has 1 N–H and O–H groups in total. The Morgan fingerprint density at radius 2 is 1.94 bits per heavy atom. The molecule has 2 rings (SSSR count). The van der Waals surface area contributed by atoms with Gasteiger partial charge < -0.3 is 10.1 Å². The summed E-state index contributed by atoms with van der Waals surface area (Å²) in [6.07, 6.45) is -1.74. The van der Waals surface area contributed by atoms with E-state index in [0.29, 0.717) is 11.6 Å². The SMILES string of the molecule is CC1CCCC(c2ccccc2OC(F)(F)F)N1. The summed E-state index contributed by atoms with van der Waals surface area (Å²) in [6.45, 7) is 2.04. The summed E-state index contributed by atoms with van der Waals surface area (Å²) < 4.78 is 41.0. The first kappa shape index (κ1) is 13.2. The quantitative estimate of drug-likeness (QED) is 0.872. The Labute approximate surface area is 104 Å². The van der Waals surface area contributed by atoms with E-state index in [4.69, 9.17) is 0 Å². The number of hydrogen-bond donors (Lipinski definition) is 1. The number of alkyl halides is 3. The van der Waals surface area contributed by atoms with Crippen molar-refractivity contribution in [1.29, 1.82) is 0 Å². The van der Waals surface area contributed by atoms with Gasteiger partial charge in [0.15, 0.2) is 0 Å². The number of ether oxygens (including phenoxy) is 1. The largest absolute Gasteiger partial charge is 0.573 e. The van der Waals surface area contributed by atoms with Crippen molar-refractivity contribution < 1.29 is 17.9 Å². The minimum absolute atomic E-state index is 0.0627. The predicted molar refractivity (Wildman–Crippen MR) is 62.3 cm³/mol. The molecule has 1 aromatic rings. The molecular formula is C13H16F3NO. The van der Waals surface area contributed by atoms with Crippen molar-refractivity contribution in [1.82, 2.24) is 5.32 Å². The molecule has 0 spiro atoms. The van der Waals surface area contributed by atoms with Crippen LogP contribution in [0.5, 0.6) is 5.75 Å². The van der Waals surface area contributed by atoms with Gasteiger partial charge in [-0.3, -0.25) is 0 Å². The molecule has 2 atom stereocenters. The van der Waals surface area contributed by atoms with Gasteiger partial charge in [0.1, 0.15) is 5.75 Å². The van der Waals surface area contributed by atoms with Gasteiger partial charge in [-0.05, 0) is 25.8 Å². The van der Waals surface area contributed by atoms with Crippen molar-refractivity contribution >= 4 is 0 Å². The van der Waals surface area contributed by atoms with Crippen molar-refractivity contribution in [3.8, 4) is 5.75 Å². The van der Waals surface area contributed by atoms with E-state index in [2.05, 4.69) is 10.1 Å². The van der Waals surface area contributed by atoms with Crippen LogP contribution in [-0.2, 0) is 0 Å². The minimum atomic E-state index is -4.64. The number of benzene rings is 1. The topological polar surface area (TPSA) is 21.3 Å². The number of rotatable bonds is 2. The zero-order valence-electron chi connectivity index (χ0n) is 10.1. The van der Waals surface area contributed by atoms with Crippen molar-refractivity contribution in [3.63, 3.8) is 0 Å². The zero-order chi connectivity index (χ0) is 13.2. The van der Waals surface area contributed by atoms with E-state index in [9.17, 15) is 13.2 Å². The van der Waals surface area contributed by atoms with E-state index >= 15 is 0 Å². The molecule has 0 aromatic heterocycles. The Hall–Kier alpha value is -1.23. The van der Waals surface area contributed by atoms with Gasteiger partial charge in [-0.15, -0.1) is 13.2 Å². The summed E-state index contributed by atoms with van der Waals surface area (Å²) in [5.41, 5.74) is 0.585. The summed E-state index contributed by atoms with van der Waals surface area (Å²) in [7, 11) is 0. The Bertz CT molecular complexity index is 405. The second-order valence-corrected chi connectivity index (χ2v) is 4.64. The standard InChI is InChI=1S/C13H16F3NO/c1-9-5-4-7-11(17-9)10-6-2-3-8-12(10)18-13(14,15)16/h2-3,6,8-9,11,17H,4-5,7H2,1H3. The Morgan fingerprint density at radius 1 is 1.22 bits per heavy atom. The second-order valence-electron chi connectivity index (χ2n) is 4.64. The highest BCUT2D eigenvalue weighted by atomic mass is 19.4. The number of halogens is 3. The van der Waals surface area contributed by atoms with E-state index in [-0.39, 0.29) is 11.8 Å². The van der Waals surface area contributed by atoms with Gasteiger partial charge in [0.05, 0.1) is 0 Å². The number of hydrogen-bond acceptors (Lipinski definition) is 2. The van der Waals surface area contributed by atoms with Crippen LogP contribution in [0.4, 0.5) is 13.2 Å². The monoisotopic (exact) mass is 259 g/mol. The first-order chi connectivity index (χ1) is 8.46. The molecule has 0 amide bonds. The molecule has 100 valence electrons. The minimum Gasteiger partial charge on any atom is -0.405 e. The average molecular weight is 259 g/mol. The summed E-state index contributed by atoms with van der Waals surface area (Å²) in [5.74, 6) is -0.100. The van der Waals surface area contributed by atoms with E-state index in [1.807, 2.05) is 6.92 Å². The van der Waals surface area contributed by atoms with Crippen LogP contribution in [0.15, 0.2) is 24.3 Å². The fraction of sp³-hybridized carbons (Fsp3) is 0.538. The molecule has 2 nitrogen and oxygen atoms in total. The van der Waals surface area contributed by atoms with Crippen molar-refractivity contribution in [2.75, 3.05) is 0 Å². The molecule has 0 saturated carbocycles. The molecule has 1 fully saturated rings. The Morgan fingerprint density at radius 3 is 2.61 bits per heavy atom. The number of piperidine rings is 1. The maximum Gasteiger partial charge on any atom is 0.573 e. The van der Waals surface area contributed by atoms with Crippen LogP contribution in [0.2, 0.25) is 0 Å². The van der Waals surface area contributed by atoms with E-state index in [1.165, 1.54) is 6.07 Å². The van der Waals surface area contributed by atoms with Gasteiger partial charge >= 0.3 is 6.36 Å². The lowest BCUT2D eigenvalue weighted by Gasteiger charge is -2.30. The Balaban J connectivity index is 2.21. The molecule has 0 radical (unpaired) electrons. The molecule has 1 heterocycles. The zero-order valence-corrected chi connectivity index (χ0v) is 10.1. The van der Waals surface area contributed by atoms with Crippen LogP contribution < -0.4 is 10.1 Å². The van der Waals surface area contributed by atoms with Crippen molar-refractivity contribution in [2.24, 2.45) is 0 Å². The van der Waals surface area contributed by atoms with Crippen LogP contribution in [0, 0.1) is 0 Å². The molecular weight excluding hydrogens is 243 g/mol. The lowest BCUT2D eigenvalue weighted by Crippen LogP contribution is -2.35. The lowest BCUT2D eigenvalue weighted by atomic mass is 9.93. The molecule has 18 heavy (non-hydrogen) atoms. The van der Waals surface area contributed by atoms with Crippen molar-refractivity contribution in [2.45, 2.75) is 44.6 Å². The normalized spacial score (nSPS) is 24.9. The fourth-order valence-corrected chi connectivity index (χ4v) is 2.37. The van der Waals surface area contributed by atoms with Gasteiger partial charge in [-0.1, -0.05) is 24.6 Å². The Kier molecular flexibility index (Phi) is 3.80. The smallest absolute Gasteiger partial charge is 0.405 e. The molecule has 0 bridgehead atoms. The first-order valence-corrected chi connectivity index (χ1v) is 6.06. The van der Waals surface area contributed by atoms with Crippen molar-refractivity contribution in [3.05, 3.63) is 29.8 Å². The molecule has 5 heteroatoms. The summed E-state index contributed by atoms with van der Waals surface area (Å²) in [6, 6.07) is 6.60. The number of nitrogens with one attached hydrogen (secondary N) is 1. The van der Waals surface area contributed by atoms with E-state index in [1.54, 1.807) is 18.2 Å². The maximum atomic E-state index is 12.3. The van der Waals surface area contributed by atoms with Crippen LogP contribution >= 0.6 is 0 Å². The lowest BCUT2D eigenvalue weighted by molar-refractivity contribution is -0.275. The molecule has 2 unspecified atom stereocenters. The average Bonchev–Trinajstić information content (AvgIpc) is 2.27. The van der Waals surface area contributed by atoms with Gasteiger partial charge in [-0.2, -0.15) is 0 Å². The second kappa shape index (κ2) is 5.18. The molecule has 1 saturated heterocycles. The number of para-hydroxylation sites is 1. The highest BCUT2D eigenvalue weighted by Gasteiger charge is 2.33. The molecule has 1 aliphatic rings. The molecule has 1 aromatic carbocycles. The van der Waals surface area contributed by atoms with Crippen LogP contribution in [0.25, 0.3) is 0 Å². The highest BCUT2D eigenvalue weighted by Crippen LogP contribution is 2.34. The van der Waals surface area contributed by atoms with Gasteiger partial charge in [-0.25, -0.2) is 0 Å². The fourth-order valence-electron chi connectivity index (χ4n) is 2.37. The van der Waals surface area contributed by atoms with E-state index < -0.39 is 6.36 Å². The molecule has 0 aliphatic carbocycles. The highest BCUT2D eigenvalue weighted by molar-refractivity contribution is 5.36. The van der Waals surface area contributed by atoms with Crippen LogP contribution in [-0.4, -0.2) is 12.4 Å². The van der Waals surface area contributed by atoms with Gasteiger partial charge in [0.2, 0.25) is 0 Å². The van der Waals surface area contributed by atoms with Gasteiger partial charge in [0, 0.05) is 17.6 Å². The maximum absolute atomic E-state index is 12.3. The first-order valence-electron chi connectivity index (χ1n) is 6.06. The third-order valence-corrected chi connectivity index (χ3v) is 3.14. The third-order valence-electron chi connectivity index (χ3n) is 3.14. The predicted octanol–water partition coefficient (Wildman–Crippen LogP) is 3.79. The van der Waals surface area contributed by atoms with Crippen LogP contribution in [0.1, 0.15) is 37.8 Å². The summed E-state index contributed by atoms with van der Waals surface area (Å²) in [4.78, 5) is 0. The third kappa shape index (κ3) is 3.38. The summed E-state index contributed by atoms with van der Waals surface area (Å²) in [5, 5.41) is 3.31. The molecule has 1 aliphatic heterocycles. The summed E-state index contributed by atoms with van der Waals surface area (Å²) >= 11 is 0. The van der Waals surface area contributed by atoms with E-state index in [0.717, 1.165) is 19.3 Å². The van der Waals surface area contributed by atoms with Crippen LogP contribution in [0.3, 0.4) is 0 Å².